The number of hydrogen-bond acceptors (Lipinski definition) is 9. The van der Waals surface area contributed by atoms with Gasteiger partial charge in [0.2, 0.25) is 0 Å². The number of epoxide rings is 1. The van der Waals surface area contributed by atoms with Gasteiger partial charge in [-0.2, -0.15) is 0 Å². The summed E-state index contributed by atoms with van der Waals surface area (Å²) < 4.78 is 19.0. The van der Waals surface area contributed by atoms with Gasteiger partial charge >= 0.3 is 5.97 Å². The molecule has 1 saturated heterocycles. The van der Waals surface area contributed by atoms with E-state index >= 15 is 0 Å². The lowest BCUT2D eigenvalue weighted by Crippen LogP contribution is -2.68. The molecule has 5 aliphatic rings. The molecule has 1 heterocycles. The molecule has 0 radical (unpaired) electrons. The molecule has 0 aromatic rings. The van der Waals surface area contributed by atoms with E-state index in [1.807, 2.05) is 40.7 Å². The number of Topliss-reactive ketones (excluding diaryl/α,β-unsaturated/α-hetero) is 1. The summed E-state index contributed by atoms with van der Waals surface area (Å²) in [4.78, 5) is 26.8. The second-order valence-electron chi connectivity index (χ2n) is 13.4. The standard InChI is InChI=1S/C31H44O9/c1-10-14(3)18(7)38-23-17(6)29(36)19-12-16(5)22(33)30(19,37)26(35)28(13-32)24(39-28)20(29)21-27(8,9)31(21,23)40-25(34)15(4)11-2/h10,12,15,17,19-21,23-24,26,32,35-37H,7,11,13H2,1-6,8-9H3/b14-10+. The summed E-state index contributed by atoms with van der Waals surface area (Å²) in [6.45, 7) is 18.0. The van der Waals surface area contributed by atoms with Crippen LogP contribution < -0.4 is 0 Å². The molecule has 4 N–H and O–H groups in total. The maximum atomic E-state index is 13.4. The van der Waals surface area contributed by atoms with Gasteiger partial charge in [-0.3, -0.25) is 9.59 Å². The van der Waals surface area contributed by atoms with Crippen LogP contribution in [0, 0.1) is 35.0 Å². The first kappa shape index (κ1) is 29.5. The van der Waals surface area contributed by atoms with Crippen LogP contribution in [0.4, 0.5) is 0 Å². The first-order valence-electron chi connectivity index (χ1n) is 14.4. The van der Waals surface area contributed by atoms with Crippen molar-refractivity contribution in [1.29, 1.82) is 0 Å². The van der Waals surface area contributed by atoms with Gasteiger partial charge in [0, 0.05) is 29.1 Å². The van der Waals surface area contributed by atoms with E-state index in [2.05, 4.69) is 6.58 Å². The number of esters is 1. The molecule has 9 nitrogen and oxygen atoms in total. The Balaban J connectivity index is 1.74. The zero-order valence-corrected chi connectivity index (χ0v) is 24.7. The molecule has 0 bridgehead atoms. The topological polar surface area (TPSA) is 146 Å². The molecule has 4 fully saturated rings. The Morgan fingerprint density at radius 2 is 1.93 bits per heavy atom. The number of ether oxygens (including phenoxy) is 3. The Morgan fingerprint density at radius 1 is 1.30 bits per heavy atom. The van der Waals surface area contributed by atoms with Crippen LogP contribution in [0.15, 0.2) is 35.6 Å². The lowest BCUT2D eigenvalue weighted by atomic mass is 9.58. The number of ketones is 1. The van der Waals surface area contributed by atoms with Crippen molar-refractivity contribution in [2.45, 2.75) is 103 Å². The van der Waals surface area contributed by atoms with E-state index in [0.29, 0.717) is 12.2 Å². The van der Waals surface area contributed by atoms with Crippen molar-refractivity contribution in [1.82, 2.24) is 0 Å². The normalized spacial score (nSPS) is 48.9. The summed E-state index contributed by atoms with van der Waals surface area (Å²) in [6, 6.07) is 0. The van der Waals surface area contributed by atoms with Crippen molar-refractivity contribution in [3.05, 3.63) is 35.6 Å². The fourth-order valence-corrected chi connectivity index (χ4v) is 8.51. The predicted octanol–water partition coefficient (Wildman–Crippen LogP) is 2.21. The van der Waals surface area contributed by atoms with E-state index in [1.54, 1.807) is 13.8 Å². The van der Waals surface area contributed by atoms with Gasteiger partial charge in [-0.05, 0) is 38.3 Å². The highest BCUT2D eigenvalue weighted by molar-refractivity contribution is 6.05. The maximum Gasteiger partial charge on any atom is 0.309 e. The molecule has 0 amide bonds. The molecular weight excluding hydrogens is 516 g/mol. The van der Waals surface area contributed by atoms with Gasteiger partial charge < -0.3 is 34.6 Å². The first-order valence-corrected chi connectivity index (χ1v) is 14.4. The number of fused-ring (bicyclic) bond motifs is 7. The molecule has 9 heteroatoms. The van der Waals surface area contributed by atoms with Crippen molar-refractivity contribution in [3.63, 3.8) is 0 Å². The van der Waals surface area contributed by atoms with Gasteiger partial charge in [-0.25, -0.2) is 0 Å². The molecule has 40 heavy (non-hydrogen) atoms. The molecule has 0 aromatic carbocycles. The number of carbonyl (C=O) groups excluding carboxylic acids is 2. The molecule has 5 rings (SSSR count). The predicted molar refractivity (Wildman–Crippen MR) is 144 cm³/mol. The molecule has 12 atom stereocenters. The number of rotatable bonds is 7. The van der Waals surface area contributed by atoms with Crippen molar-refractivity contribution in [3.8, 4) is 0 Å². The lowest BCUT2D eigenvalue weighted by molar-refractivity contribution is -0.242. The van der Waals surface area contributed by atoms with E-state index in [1.165, 1.54) is 13.0 Å². The Labute approximate surface area is 235 Å². The molecule has 12 unspecified atom stereocenters. The SMILES string of the molecule is C=C(OC1C(C)C2(O)C(C3OC3(CO)C(O)C3(O)C(=O)C(C)=CC32)C2C(C)(C)C12OC(=O)C(C)CC)/C(C)=C/C. The third-order valence-corrected chi connectivity index (χ3v) is 11.4. The molecule has 1 aliphatic heterocycles. The van der Waals surface area contributed by atoms with Gasteiger partial charge in [0.15, 0.2) is 17.0 Å². The average Bonchev–Trinajstić information content (AvgIpc) is 3.75. The van der Waals surface area contributed by atoms with Crippen molar-refractivity contribution in [2.75, 3.05) is 6.61 Å². The quantitative estimate of drug-likeness (QED) is 0.159. The molecule has 4 aliphatic carbocycles. The fourth-order valence-electron chi connectivity index (χ4n) is 8.51. The molecule has 3 saturated carbocycles. The highest BCUT2D eigenvalue weighted by Gasteiger charge is 2.93. The second kappa shape index (κ2) is 8.74. The minimum absolute atomic E-state index is 0.208. The summed E-state index contributed by atoms with van der Waals surface area (Å²) in [5, 5.41) is 47.0. The molecule has 222 valence electrons. The number of carbonyl (C=O) groups is 2. The van der Waals surface area contributed by atoms with Gasteiger partial charge in [-0.15, -0.1) is 0 Å². The maximum absolute atomic E-state index is 13.4. The summed E-state index contributed by atoms with van der Waals surface area (Å²) in [5.74, 6) is -4.54. The molecular formula is C31H44O9. The van der Waals surface area contributed by atoms with Crippen molar-refractivity contribution in [2.24, 2.45) is 35.0 Å². The van der Waals surface area contributed by atoms with Crippen molar-refractivity contribution < 1.29 is 44.2 Å². The van der Waals surface area contributed by atoms with E-state index in [0.717, 1.165) is 5.57 Å². The Morgan fingerprint density at radius 3 is 2.48 bits per heavy atom. The van der Waals surface area contributed by atoms with Crippen LogP contribution in [-0.2, 0) is 23.8 Å². The van der Waals surface area contributed by atoms with Crippen LogP contribution in [-0.4, -0.2) is 79.5 Å². The van der Waals surface area contributed by atoms with E-state index < -0.39 is 82.2 Å². The van der Waals surface area contributed by atoms with Crippen LogP contribution in [0.1, 0.15) is 61.8 Å². The minimum atomic E-state index is -2.42. The zero-order valence-electron chi connectivity index (χ0n) is 24.7. The number of allylic oxidation sites excluding steroid dienone is 2. The summed E-state index contributed by atoms with van der Waals surface area (Å²) >= 11 is 0. The van der Waals surface area contributed by atoms with Crippen LogP contribution in [0.2, 0.25) is 0 Å². The van der Waals surface area contributed by atoms with E-state index in [4.69, 9.17) is 14.2 Å². The minimum Gasteiger partial charge on any atom is -0.486 e. The first-order chi connectivity index (χ1) is 18.5. The Bertz CT molecular complexity index is 1220. The van der Waals surface area contributed by atoms with E-state index in [-0.39, 0.29) is 17.5 Å². The van der Waals surface area contributed by atoms with E-state index in [9.17, 15) is 30.0 Å². The highest BCUT2D eigenvalue weighted by Crippen LogP contribution is 2.80. The molecule has 0 aromatic heterocycles. The van der Waals surface area contributed by atoms with Crippen LogP contribution >= 0.6 is 0 Å². The number of hydrogen-bond donors (Lipinski definition) is 4. The number of aliphatic hydroxyl groups is 4. The van der Waals surface area contributed by atoms with Gasteiger partial charge in [0.1, 0.15) is 23.6 Å². The van der Waals surface area contributed by atoms with Crippen LogP contribution in [0.25, 0.3) is 0 Å². The monoisotopic (exact) mass is 560 g/mol. The Hall–Kier alpha value is -2.04. The van der Waals surface area contributed by atoms with Crippen LogP contribution in [0.3, 0.4) is 0 Å². The third kappa shape index (κ3) is 3.16. The fraction of sp³-hybridized carbons (Fsp3) is 0.742. The summed E-state index contributed by atoms with van der Waals surface area (Å²) in [6.07, 6.45) is 0.354. The Kier molecular flexibility index (Phi) is 6.43. The van der Waals surface area contributed by atoms with Gasteiger partial charge in [0.05, 0.1) is 24.2 Å². The smallest absolute Gasteiger partial charge is 0.309 e. The van der Waals surface area contributed by atoms with Gasteiger partial charge in [0.25, 0.3) is 0 Å². The highest BCUT2D eigenvalue weighted by atomic mass is 16.6. The second-order valence-corrected chi connectivity index (χ2v) is 13.4. The summed E-state index contributed by atoms with van der Waals surface area (Å²) in [7, 11) is 0. The summed E-state index contributed by atoms with van der Waals surface area (Å²) in [5.41, 5.74) is -6.89. The van der Waals surface area contributed by atoms with Crippen molar-refractivity contribution >= 4 is 11.8 Å². The molecule has 0 spiro atoms. The lowest BCUT2D eigenvalue weighted by Gasteiger charge is -2.54. The average molecular weight is 561 g/mol. The zero-order chi connectivity index (χ0) is 30.0. The largest absolute Gasteiger partial charge is 0.486 e. The van der Waals surface area contributed by atoms with Gasteiger partial charge in [-0.1, -0.05) is 53.3 Å². The van der Waals surface area contributed by atoms with Crippen LogP contribution in [0.5, 0.6) is 0 Å². The third-order valence-electron chi connectivity index (χ3n) is 11.4. The number of aliphatic hydroxyl groups excluding tert-OH is 2.